The van der Waals surface area contributed by atoms with Crippen LogP contribution < -0.4 is 0 Å². The summed E-state index contributed by atoms with van der Waals surface area (Å²) in [4.78, 5) is 18.3. The zero-order valence-corrected chi connectivity index (χ0v) is 13.1. The van der Waals surface area contributed by atoms with Gasteiger partial charge in [0.25, 0.3) is 5.91 Å². The molecular formula is C16H17F3N4O. The molecule has 5 nitrogen and oxygen atoms in total. The fourth-order valence-electron chi connectivity index (χ4n) is 2.91. The van der Waals surface area contributed by atoms with Crippen molar-refractivity contribution in [2.45, 2.75) is 32.0 Å². The van der Waals surface area contributed by atoms with Crippen molar-refractivity contribution in [3.05, 3.63) is 47.5 Å². The number of likely N-dealkylation sites (tertiary alicyclic amines) is 1. The first kappa shape index (κ1) is 16.5. The minimum atomic E-state index is -4.43. The van der Waals surface area contributed by atoms with E-state index in [4.69, 9.17) is 0 Å². The fourth-order valence-corrected chi connectivity index (χ4v) is 2.91. The summed E-state index contributed by atoms with van der Waals surface area (Å²) in [5.74, 6) is -0.0875. The third-order valence-electron chi connectivity index (χ3n) is 4.26. The number of alkyl halides is 3. The van der Waals surface area contributed by atoms with Gasteiger partial charge in [-0.15, -0.1) is 0 Å². The van der Waals surface area contributed by atoms with Crippen LogP contribution in [0.5, 0.6) is 0 Å². The van der Waals surface area contributed by atoms with Crippen LogP contribution in [0.1, 0.15) is 40.6 Å². The largest absolute Gasteiger partial charge is 0.435 e. The van der Waals surface area contributed by atoms with E-state index in [0.717, 1.165) is 6.07 Å². The number of carbonyl (C=O) groups excluding carboxylic acids is 1. The minimum absolute atomic E-state index is 0.0875. The van der Waals surface area contributed by atoms with Crippen LogP contribution in [-0.4, -0.2) is 38.7 Å². The van der Waals surface area contributed by atoms with Gasteiger partial charge < -0.3 is 4.90 Å². The van der Waals surface area contributed by atoms with Crippen molar-refractivity contribution in [1.82, 2.24) is 19.7 Å². The number of carbonyl (C=O) groups is 1. The molecule has 8 heteroatoms. The molecule has 0 radical (unpaired) electrons. The molecule has 1 fully saturated rings. The first-order valence-electron chi connectivity index (χ1n) is 7.69. The van der Waals surface area contributed by atoms with Crippen LogP contribution in [0.25, 0.3) is 0 Å². The van der Waals surface area contributed by atoms with Crippen molar-refractivity contribution in [2.75, 3.05) is 13.1 Å². The highest BCUT2D eigenvalue weighted by atomic mass is 19.4. The third-order valence-corrected chi connectivity index (χ3v) is 4.26. The second-order valence-electron chi connectivity index (χ2n) is 5.84. The minimum Gasteiger partial charge on any atom is -0.338 e. The number of hydrogen-bond acceptors (Lipinski definition) is 3. The number of aromatic nitrogens is 3. The summed E-state index contributed by atoms with van der Waals surface area (Å²) in [7, 11) is 0. The van der Waals surface area contributed by atoms with E-state index in [-0.39, 0.29) is 11.9 Å². The second-order valence-corrected chi connectivity index (χ2v) is 5.84. The summed E-state index contributed by atoms with van der Waals surface area (Å²) in [6, 6.07) is 4.31. The predicted octanol–water partition coefficient (Wildman–Crippen LogP) is 3.08. The highest BCUT2D eigenvalue weighted by Gasteiger charge is 2.34. The lowest BCUT2D eigenvalue weighted by Gasteiger charge is -2.32. The molecule has 0 atom stereocenters. The van der Waals surface area contributed by atoms with Gasteiger partial charge in [0.2, 0.25) is 0 Å². The zero-order valence-electron chi connectivity index (χ0n) is 13.1. The van der Waals surface area contributed by atoms with Gasteiger partial charge in [-0.25, -0.2) is 0 Å². The van der Waals surface area contributed by atoms with E-state index in [9.17, 15) is 18.0 Å². The fraction of sp³-hybridized carbons (Fsp3) is 0.438. The van der Waals surface area contributed by atoms with Crippen molar-refractivity contribution in [1.29, 1.82) is 0 Å². The molecule has 0 aliphatic carbocycles. The van der Waals surface area contributed by atoms with Gasteiger partial charge in [-0.05, 0) is 38.0 Å². The van der Waals surface area contributed by atoms with Crippen LogP contribution in [0.15, 0.2) is 30.6 Å². The van der Waals surface area contributed by atoms with E-state index in [1.165, 1.54) is 10.9 Å². The normalized spacial score (nSPS) is 16.4. The maximum absolute atomic E-state index is 12.6. The van der Waals surface area contributed by atoms with Crippen molar-refractivity contribution >= 4 is 5.91 Å². The monoisotopic (exact) mass is 338 g/mol. The van der Waals surface area contributed by atoms with Gasteiger partial charge in [0.1, 0.15) is 0 Å². The molecule has 2 aromatic heterocycles. The highest BCUT2D eigenvalue weighted by molar-refractivity contribution is 5.95. The molecule has 0 N–H and O–H groups in total. The lowest BCUT2D eigenvalue weighted by molar-refractivity contribution is -0.141. The van der Waals surface area contributed by atoms with E-state index >= 15 is 0 Å². The Bertz CT molecular complexity index is 733. The SMILES string of the molecule is Cc1ncccc1C(=O)N1CCC(n2ccc(C(F)(F)F)n2)CC1. The number of amides is 1. The van der Waals surface area contributed by atoms with Crippen LogP contribution in [0, 0.1) is 6.92 Å². The molecule has 3 heterocycles. The van der Waals surface area contributed by atoms with E-state index in [1.54, 1.807) is 30.2 Å². The number of halogens is 3. The van der Waals surface area contributed by atoms with Crippen LogP contribution in [-0.2, 0) is 6.18 Å². The summed E-state index contributed by atoms with van der Waals surface area (Å²) in [5.41, 5.74) is 0.355. The molecule has 0 aromatic carbocycles. The quantitative estimate of drug-likeness (QED) is 0.845. The Morgan fingerprint density at radius 3 is 2.54 bits per heavy atom. The summed E-state index contributed by atoms with van der Waals surface area (Å²) in [5, 5.41) is 3.63. The van der Waals surface area contributed by atoms with Crippen molar-refractivity contribution in [3.63, 3.8) is 0 Å². The van der Waals surface area contributed by atoms with Crippen LogP contribution in [0.2, 0.25) is 0 Å². The van der Waals surface area contributed by atoms with Crippen LogP contribution in [0.3, 0.4) is 0 Å². The Labute approximate surface area is 137 Å². The predicted molar refractivity (Wildman–Crippen MR) is 80.4 cm³/mol. The van der Waals surface area contributed by atoms with Crippen LogP contribution >= 0.6 is 0 Å². The molecule has 0 bridgehead atoms. The maximum Gasteiger partial charge on any atom is 0.435 e. The second kappa shape index (κ2) is 6.26. The van der Waals surface area contributed by atoms with Gasteiger partial charge >= 0.3 is 6.18 Å². The number of hydrogen-bond donors (Lipinski definition) is 0. The molecule has 0 unspecified atom stereocenters. The molecule has 0 saturated carbocycles. The lowest BCUT2D eigenvalue weighted by Crippen LogP contribution is -2.39. The first-order chi connectivity index (χ1) is 11.4. The topological polar surface area (TPSA) is 51.0 Å². The summed E-state index contributed by atoms with van der Waals surface area (Å²) < 4.78 is 39.2. The molecule has 24 heavy (non-hydrogen) atoms. The highest BCUT2D eigenvalue weighted by Crippen LogP contribution is 2.29. The molecular weight excluding hydrogens is 321 g/mol. The summed E-state index contributed by atoms with van der Waals surface area (Å²) in [6.45, 7) is 2.75. The average molecular weight is 338 g/mol. The summed E-state index contributed by atoms with van der Waals surface area (Å²) in [6.07, 6.45) is -0.293. The Kier molecular flexibility index (Phi) is 4.29. The summed E-state index contributed by atoms with van der Waals surface area (Å²) >= 11 is 0. The molecule has 1 saturated heterocycles. The van der Waals surface area contributed by atoms with Crippen molar-refractivity contribution < 1.29 is 18.0 Å². The Hall–Kier alpha value is -2.38. The number of piperidine rings is 1. The number of nitrogens with zero attached hydrogens (tertiary/aromatic N) is 4. The van der Waals surface area contributed by atoms with E-state index < -0.39 is 11.9 Å². The smallest absolute Gasteiger partial charge is 0.338 e. The van der Waals surface area contributed by atoms with Gasteiger partial charge in [-0.3, -0.25) is 14.5 Å². The van der Waals surface area contributed by atoms with Gasteiger partial charge in [-0.2, -0.15) is 18.3 Å². The van der Waals surface area contributed by atoms with Gasteiger partial charge in [0.15, 0.2) is 5.69 Å². The molecule has 0 spiro atoms. The number of aryl methyl sites for hydroxylation is 1. The zero-order chi connectivity index (χ0) is 17.3. The lowest BCUT2D eigenvalue weighted by atomic mass is 10.0. The number of rotatable bonds is 2. The van der Waals surface area contributed by atoms with E-state index in [2.05, 4.69) is 10.1 Å². The Morgan fingerprint density at radius 2 is 1.96 bits per heavy atom. The molecule has 128 valence electrons. The third kappa shape index (κ3) is 3.27. The molecule has 1 aliphatic heterocycles. The van der Waals surface area contributed by atoms with Crippen LogP contribution in [0.4, 0.5) is 13.2 Å². The van der Waals surface area contributed by atoms with Crippen molar-refractivity contribution in [2.24, 2.45) is 0 Å². The van der Waals surface area contributed by atoms with E-state index in [1.807, 2.05) is 0 Å². The Morgan fingerprint density at radius 1 is 1.25 bits per heavy atom. The molecule has 2 aromatic rings. The Balaban J connectivity index is 1.65. The van der Waals surface area contributed by atoms with Gasteiger partial charge in [0.05, 0.1) is 11.6 Å². The molecule has 3 rings (SSSR count). The first-order valence-corrected chi connectivity index (χ1v) is 7.69. The van der Waals surface area contributed by atoms with Gasteiger partial charge in [0, 0.05) is 31.2 Å². The molecule has 1 aliphatic rings. The number of pyridine rings is 1. The van der Waals surface area contributed by atoms with Crippen molar-refractivity contribution in [3.8, 4) is 0 Å². The molecule has 1 amide bonds. The van der Waals surface area contributed by atoms with E-state index in [0.29, 0.717) is 37.2 Å². The standard InChI is InChI=1S/C16H17F3N4O/c1-11-13(3-2-7-20-11)15(24)22-8-4-12(5-9-22)23-10-6-14(21-23)16(17,18)19/h2-3,6-7,10,12H,4-5,8-9H2,1H3. The van der Waals surface area contributed by atoms with Gasteiger partial charge in [-0.1, -0.05) is 0 Å². The maximum atomic E-state index is 12.6. The average Bonchev–Trinajstić information content (AvgIpc) is 3.05.